The van der Waals surface area contributed by atoms with Crippen LogP contribution in [0.2, 0.25) is 0 Å². The van der Waals surface area contributed by atoms with Gasteiger partial charge in [-0.3, -0.25) is 0 Å². The second-order valence-corrected chi connectivity index (χ2v) is 5.48. The van der Waals surface area contributed by atoms with E-state index in [0.29, 0.717) is 6.04 Å². The molecule has 13 heavy (non-hydrogen) atoms. The molecule has 1 aromatic rings. The van der Waals surface area contributed by atoms with Gasteiger partial charge in [0.25, 0.3) is 0 Å². The third-order valence-corrected chi connectivity index (χ3v) is 3.63. The number of rotatable bonds is 1. The number of hydrogen-bond acceptors (Lipinski definition) is 3. The number of thiazole rings is 1. The molecule has 0 aromatic carbocycles. The van der Waals surface area contributed by atoms with Gasteiger partial charge in [-0.05, 0) is 13.0 Å². The monoisotopic (exact) mass is 196 g/mol. The quantitative estimate of drug-likeness (QED) is 0.746. The summed E-state index contributed by atoms with van der Waals surface area (Å²) in [7, 11) is 0. The lowest BCUT2D eigenvalue weighted by atomic mass is 9.98. The van der Waals surface area contributed by atoms with Gasteiger partial charge >= 0.3 is 0 Å². The van der Waals surface area contributed by atoms with Gasteiger partial charge in [0.15, 0.2) is 0 Å². The van der Waals surface area contributed by atoms with E-state index in [1.54, 1.807) is 11.3 Å². The van der Waals surface area contributed by atoms with Gasteiger partial charge in [0, 0.05) is 10.8 Å². The predicted molar refractivity (Wildman–Crippen MR) is 56.2 cm³/mol. The molecule has 0 amide bonds. The third-order valence-electron chi connectivity index (χ3n) is 2.34. The molecule has 0 bridgehead atoms. The fraction of sp³-hybridized carbons (Fsp3) is 0.700. The van der Waals surface area contributed by atoms with Gasteiger partial charge in [0.1, 0.15) is 0 Å². The lowest BCUT2D eigenvalue weighted by Gasteiger charge is -2.25. The molecule has 1 saturated heterocycles. The van der Waals surface area contributed by atoms with E-state index in [9.17, 15) is 0 Å². The van der Waals surface area contributed by atoms with Crippen molar-refractivity contribution in [2.75, 3.05) is 6.54 Å². The van der Waals surface area contributed by atoms with Crippen LogP contribution in [0.25, 0.3) is 0 Å². The van der Waals surface area contributed by atoms with Crippen molar-refractivity contribution in [2.45, 2.75) is 38.6 Å². The Morgan fingerprint density at radius 3 is 2.62 bits per heavy atom. The summed E-state index contributed by atoms with van der Waals surface area (Å²) in [6.45, 7) is 7.78. The summed E-state index contributed by atoms with van der Waals surface area (Å²) >= 11 is 1.78. The summed E-state index contributed by atoms with van der Waals surface area (Å²) in [6.07, 6.45) is 1.24. The van der Waals surface area contributed by atoms with Crippen LogP contribution in [0.15, 0.2) is 5.38 Å². The van der Waals surface area contributed by atoms with E-state index < -0.39 is 0 Å². The third kappa shape index (κ3) is 1.76. The molecule has 2 nitrogen and oxygen atoms in total. The van der Waals surface area contributed by atoms with E-state index in [0.717, 1.165) is 6.54 Å². The Bertz CT molecular complexity index is 294. The smallest absolute Gasteiger partial charge is 0.0982 e. The van der Waals surface area contributed by atoms with Crippen molar-refractivity contribution in [1.29, 1.82) is 0 Å². The van der Waals surface area contributed by atoms with Crippen LogP contribution in [-0.2, 0) is 5.41 Å². The number of nitrogens with one attached hydrogen (secondary N) is 1. The van der Waals surface area contributed by atoms with Crippen molar-refractivity contribution in [3.63, 3.8) is 0 Å². The van der Waals surface area contributed by atoms with Crippen LogP contribution in [-0.4, -0.2) is 11.5 Å². The first-order chi connectivity index (χ1) is 6.07. The summed E-state index contributed by atoms with van der Waals surface area (Å²) in [5.41, 5.74) is 1.44. The Balaban J connectivity index is 2.17. The zero-order valence-corrected chi connectivity index (χ0v) is 9.24. The van der Waals surface area contributed by atoms with Gasteiger partial charge in [-0.2, -0.15) is 0 Å². The molecule has 72 valence electrons. The summed E-state index contributed by atoms with van der Waals surface area (Å²) in [6, 6.07) is 0.535. The van der Waals surface area contributed by atoms with E-state index in [1.165, 1.54) is 17.1 Å². The highest BCUT2D eigenvalue weighted by Gasteiger charge is 2.24. The predicted octanol–water partition coefficient (Wildman–Crippen LogP) is 2.48. The van der Waals surface area contributed by atoms with E-state index in [-0.39, 0.29) is 5.41 Å². The molecular formula is C10H16N2S. The SMILES string of the molecule is CC(C)(C)c1nc(C2CCN2)cs1. The van der Waals surface area contributed by atoms with Crippen molar-refractivity contribution < 1.29 is 0 Å². The maximum Gasteiger partial charge on any atom is 0.0982 e. The minimum absolute atomic E-state index is 0.201. The van der Waals surface area contributed by atoms with Gasteiger partial charge in [-0.15, -0.1) is 11.3 Å². The van der Waals surface area contributed by atoms with Crippen LogP contribution in [0.1, 0.15) is 43.9 Å². The Kier molecular flexibility index (Phi) is 2.16. The van der Waals surface area contributed by atoms with Crippen LogP contribution >= 0.6 is 11.3 Å². The molecule has 1 fully saturated rings. The topological polar surface area (TPSA) is 24.9 Å². The highest BCUT2D eigenvalue weighted by molar-refractivity contribution is 7.09. The van der Waals surface area contributed by atoms with Crippen molar-refractivity contribution in [3.8, 4) is 0 Å². The molecule has 0 saturated carbocycles. The fourth-order valence-electron chi connectivity index (χ4n) is 1.33. The van der Waals surface area contributed by atoms with E-state index in [2.05, 4.69) is 36.5 Å². The summed E-state index contributed by atoms with van der Waals surface area (Å²) < 4.78 is 0. The molecule has 2 rings (SSSR count). The normalized spacial score (nSPS) is 22.8. The molecule has 1 atom stereocenters. The molecule has 3 heteroatoms. The molecule has 0 aliphatic carbocycles. The zero-order chi connectivity index (χ0) is 9.47. The van der Waals surface area contributed by atoms with E-state index in [4.69, 9.17) is 0 Å². The average molecular weight is 196 g/mol. The zero-order valence-electron chi connectivity index (χ0n) is 8.42. The first kappa shape index (κ1) is 9.16. The first-order valence-corrected chi connectivity index (χ1v) is 5.64. The maximum atomic E-state index is 4.66. The number of aromatic nitrogens is 1. The Hall–Kier alpha value is -0.410. The highest BCUT2D eigenvalue weighted by Crippen LogP contribution is 2.30. The minimum atomic E-state index is 0.201. The average Bonchev–Trinajstić information content (AvgIpc) is 2.29. The Labute approximate surface area is 83.4 Å². The molecule has 0 spiro atoms. The fourth-order valence-corrected chi connectivity index (χ4v) is 2.29. The van der Waals surface area contributed by atoms with E-state index >= 15 is 0 Å². The molecule has 1 N–H and O–H groups in total. The molecule has 1 aliphatic rings. The van der Waals surface area contributed by atoms with Gasteiger partial charge in [-0.25, -0.2) is 4.98 Å². The molecule has 1 aliphatic heterocycles. The summed E-state index contributed by atoms with van der Waals surface area (Å²) in [5, 5.41) is 6.81. The minimum Gasteiger partial charge on any atom is -0.308 e. The highest BCUT2D eigenvalue weighted by atomic mass is 32.1. The van der Waals surface area contributed by atoms with Gasteiger partial charge in [0.2, 0.25) is 0 Å². The summed E-state index contributed by atoms with van der Waals surface area (Å²) in [5.74, 6) is 0. The van der Waals surface area contributed by atoms with Crippen LogP contribution in [0.5, 0.6) is 0 Å². The molecule has 1 aromatic heterocycles. The van der Waals surface area contributed by atoms with Crippen molar-refractivity contribution in [1.82, 2.24) is 10.3 Å². The van der Waals surface area contributed by atoms with Crippen LogP contribution in [0, 0.1) is 0 Å². The second-order valence-electron chi connectivity index (χ2n) is 4.62. The Morgan fingerprint density at radius 2 is 2.23 bits per heavy atom. The standard InChI is InChI=1S/C10H16N2S/c1-10(2,3)9-12-8(6-13-9)7-4-5-11-7/h6-7,11H,4-5H2,1-3H3. The molecule has 2 heterocycles. The van der Waals surface area contributed by atoms with Crippen LogP contribution < -0.4 is 5.32 Å². The van der Waals surface area contributed by atoms with Gasteiger partial charge < -0.3 is 5.32 Å². The van der Waals surface area contributed by atoms with Crippen molar-refractivity contribution >= 4 is 11.3 Å². The van der Waals surface area contributed by atoms with Gasteiger partial charge in [-0.1, -0.05) is 20.8 Å². The Morgan fingerprint density at radius 1 is 1.54 bits per heavy atom. The first-order valence-electron chi connectivity index (χ1n) is 4.76. The summed E-state index contributed by atoms with van der Waals surface area (Å²) in [4.78, 5) is 4.66. The lowest BCUT2D eigenvalue weighted by Crippen LogP contribution is -2.35. The second kappa shape index (κ2) is 3.07. The largest absolute Gasteiger partial charge is 0.308 e. The van der Waals surface area contributed by atoms with Crippen molar-refractivity contribution in [3.05, 3.63) is 16.1 Å². The van der Waals surface area contributed by atoms with Gasteiger partial charge in [0.05, 0.1) is 16.7 Å². The maximum absolute atomic E-state index is 4.66. The van der Waals surface area contributed by atoms with Crippen molar-refractivity contribution in [2.24, 2.45) is 0 Å². The number of nitrogens with zero attached hydrogens (tertiary/aromatic N) is 1. The molecule has 1 unspecified atom stereocenters. The van der Waals surface area contributed by atoms with Crippen LogP contribution in [0.4, 0.5) is 0 Å². The molecular weight excluding hydrogens is 180 g/mol. The van der Waals surface area contributed by atoms with E-state index in [1.807, 2.05) is 0 Å². The molecule has 0 radical (unpaired) electrons. The lowest BCUT2D eigenvalue weighted by molar-refractivity contribution is 0.375. The number of hydrogen-bond donors (Lipinski definition) is 1. The van der Waals surface area contributed by atoms with Crippen LogP contribution in [0.3, 0.4) is 0 Å².